The molecule has 5 rings (SSSR count). The molecule has 14 heteroatoms. The Morgan fingerprint density at radius 3 is 2.20 bits per heavy atom. The monoisotopic (exact) mass is 601 g/mol. The van der Waals surface area contributed by atoms with Gasteiger partial charge in [0.25, 0.3) is 5.91 Å². The highest BCUT2D eigenvalue weighted by Gasteiger charge is 2.39. The van der Waals surface area contributed by atoms with Crippen molar-refractivity contribution in [2.75, 3.05) is 24.5 Å². The van der Waals surface area contributed by atoms with E-state index in [4.69, 9.17) is 11.6 Å². The number of aromatic nitrogens is 3. The van der Waals surface area contributed by atoms with Gasteiger partial charge in [0.15, 0.2) is 11.5 Å². The first-order valence-electron chi connectivity index (χ1n) is 13.0. The van der Waals surface area contributed by atoms with Crippen LogP contribution in [0.2, 0.25) is 5.02 Å². The van der Waals surface area contributed by atoms with Crippen LogP contribution in [0.3, 0.4) is 0 Å². The number of nitrogens with zero attached hydrogens (tertiary/aromatic N) is 5. The van der Waals surface area contributed by atoms with Crippen molar-refractivity contribution in [3.8, 4) is 0 Å². The highest BCUT2D eigenvalue weighted by atomic mass is 35.5. The molecule has 1 N–H and O–H groups in total. The molecule has 1 atom stereocenters. The summed E-state index contributed by atoms with van der Waals surface area (Å²) in [5.41, 5.74) is -2.49. The molecule has 1 amide bonds. The number of hydrogen-bond acceptors (Lipinski definition) is 5. The number of carbonyl (C=O) groups is 1. The molecule has 2 saturated heterocycles. The molecule has 2 aliphatic heterocycles. The second-order valence-corrected chi connectivity index (χ2v) is 10.6. The molecule has 41 heavy (non-hydrogen) atoms. The van der Waals surface area contributed by atoms with E-state index in [0.29, 0.717) is 62.5 Å². The van der Waals surface area contributed by atoms with Gasteiger partial charge in [-0.25, -0.2) is 4.68 Å². The van der Waals surface area contributed by atoms with Gasteiger partial charge in [-0.3, -0.25) is 4.79 Å². The first-order valence-corrected chi connectivity index (χ1v) is 13.4. The first kappa shape index (κ1) is 29.2. The minimum absolute atomic E-state index is 0.0644. The highest BCUT2D eigenvalue weighted by molar-refractivity contribution is 6.31. The number of carbonyl (C=O) groups excluding carboxylic acids is 1. The first-order chi connectivity index (χ1) is 19.3. The number of benzene rings is 2. The van der Waals surface area contributed by atoms with Crippen LogP contribution in [0.1, 0.15) is 64.5 Å². The van der Waals surface area contributed by atoms with Crippen molar-refractivity contribution in [3.05, 3.63) is 75.4 Å². The maximum atomic E-state index is 13.9. The van der Waals surface area contributed by atoms with Crippen LogP contribution >= 0.6 is 11.6 Å². The van der Waals surface area contributed by atoms with E-state index in [1.165, 1.54) is 0 Å². The lowest BCUT2D eigenvalue weighted by molar-refractivity contribution is -0.143. The molecule has 2 aliphatic rings. The number of piperidine rings is 1. The van der Waals surface area contributed by atoms with E-state index in [9.17, 15) is 36.2 Å². The van der Waals surface area contributed by atoms with Crippen molar-refractivity contribution in [3.63, 3.8) is 0 Å². The summed E-state index contributed by atoms with van der Waals surface area (Å²) in [6.07, 6.45) is -8.52. The third kappa shape index (κ3) is 6.15. The van der Waals surface area contributed by atoms with Crippen LogP contribution in [0.25, 0.3) is 0 Å². The van der Waals surface area contributed by atoms with Gasteiger partial charge in [0, 0.05) is 24.7 Å². The minimum atomic E-state index is -5.01. The Labute approximate surface area is 236 Å². The molecular formula is C27H26ClF6N5O2. The number of amides is 1. The lowest BCUT2D eigenvalue weighted by Gasteiger charge is -2.32. The van der Waals surface area contributed by atoms with Gasteiger partial charge in [-0.05, 0) is 61.1 Å². The lowest BCUT2D eigenvalue weighted by Crippen LogP contribution is -2.39. The molecular weight excluding hydrogens is 576 g/mol. The Bertz CT molecular complexity index is 1390. The largest absolute Gasteiger partial charge is 0.416 e. The molecule has 2 fully saturated rings. The van der Waals surface area contributed by atoms with Gasteiger partial charge in [0.05, 0.1) is 29.8 Å². The number of aliphatic hydroxyl groups is 1. The van der Waals surface area contributed by atoms with Crippen LogP contribution in [0.15, 0.2) is 42.5 Å². The standard InChI is InChI=1S/C27H26ClF6N5O2/c28-21-5-2-1-4-20(21)22-6-3-9-38(22)25(41)23-24(37-10-7-19(40)8-11-37)39(36-35-23)15-16-12-17(26(29,30)31)14-18(13-16)27(32,33)34/h1-2,4-5,12-14,19,22,40H,3,6-11,15H2/t22-/m1/s1. The Hall–Kier alpha value is -3.32. The Morgan fingerprint density at radius 2 is 1.59 bits per heavy atom. The molecule has 0 aliphatic carbocycles. The van der Waals surface area contributed by atoms with Crippen LogP contribution in [0, 0.1) is 0 Å². The maximum Gasteiger partial charge on any atom is 0.416 e. The number of likely N-dealkylation sites (tertiary alicyclic amines) is 1. The predicted molar refractivity (Wildman–Crippen MR) is 137 cm³/mol. The highest BCUT2D eigenvalue weighted by Crippen LogP contribution is 2.39. The third-order valence-corrected chi connectivity index (χ3v) is 7.78. The van der Waals surface area contributed by atoms with E-state index in [1.54, 1.807) is 21.9 Å². The fourth-order valence-electron chi connectivity index (χ4n) is 5.44. The Morgan fingerprint density at radius 1 is 0.951 bits per heavy atom. The van der Waals surface area contributed by atoms with Gasteiger partial charge >= 0.3 is 12.4 Å². The summed E-state index contributed by atoms with van der Waals surface area (Å²) >= 11 is 6.41. The fraction of sp³-hybridized carbons (Fsp3) is 0.444. The maximum absolute atomic E-state index is 13.9. The molecule has 0 bridgehead atoms. The van der Waals surface area contributed by atoms with Crippen molar-refractivity contribution in [2.45, 2.75) is 56.7 Å². The zero-order chi connectivity index (χ0) is 29.5. The van der Waals surface area contributed by atoms with Crippen LogP contribution in [-0.2, 0) is 18.9 Å². The van der Waals surface area contributed by atoms with E-state index in [2.05, 4.69) is 10.3 Å². The fourth-order valence-corrected chi connectivity index (χ4v) is 5.70. The summed E-state index contributed by atoms with van der Waals surface area (Å²) in [5.74, 6) is -0.294. The number of halogens is 7. The molecule has 3 aromatic rings. The molecule has 0 saturated carbocycles. The predicted octanol–water partition coefficient (Wildman–Crippen LogP) is 5.96. The number of rotatable bonds is 5. The van der Waals surface area contributed by atoms with Crippen LogP contribution in [0.4, 0.5) is 32.2 Å². The van der Waals surface area contributed by atoms with Crippen molar-refractivity contribution in [1.82, 2.24) is 19.9 Å². The number of alkyl halides is 6. The zero-order valence-corrected chi connectivity index (χ0v) is 22.3. The van der Waals surface area contributed by atoms with Crippen LogP contribution in [-0.4, -0.2) is 56.6 Å². The molecule has 1 aromatic heterocycles. The third-order valence-electron chi connectivity index (χ3n) is 7.43. The number of anilines is 1. The van der Waals surface area contributed by atoms with Gasteiger partial charge in [0.2, 0.25) is 0 Å². The molecule has 0 unspecified atom stereocenters. The number of hydrogen-bond donors (Lipinski definition) is 1. The average Bonchev–Trinajstić information content (AvgIpc) is 3.56. The van der Waals surface area contributed by atoms with Crippen molar-refractivity contribution >= 4 is 23.3 Å². The van der Waals surface area contributed by atoms with Gasteiger partial charge in [-0.2, -0.15) is 26.3 Å². The summed E-state index contributed by atoms with van der Waals surface area (Å²) in [4.78, 5) is 17.3. The van der Waals surface area contributed by atoms with E-state index < -0.39 is 42.0 Å². The normalized spacial score (nSPS) is 18.8. The summed E-state index contributed by atoms with van der Waals surface area (Å²) in [6.45, 7) is 0.496. The molecule has 7 nitrogen and oxygen atoms in total. The van der Waals surface area contributed by atoms with Crippen molar-refractivity contribution in [1.29, 1.82) is 0 Å². The molecule has 2 aromatic carbocycles. The SMILES string of the molecule is O=C(c1nnn(Cc2cc(C(F)(F)F)cc(C(F)(F)F)c2)c1N1CCC(O)CC1)N1CCC[C@@H]1c1ccccc1Cl. The van der Waals surface area contributed by atoms with Gasteiger partial charge in [0.1, 0.15) is 0 Å². The van der Waals surface area contributed by atoms with Crippen LogP contribution < -0.4 is 4.90 Å². The van der Waals surface area contributed by atoms with Crippen molar-refractivity contribution in [2.24, 2.45) is 0 Å². The minimum Gasteiger partial charge on any atom is -0.393 e. The summed E-state index contributed by atoms with van der Waals surface area (Å²) < 4.78 is 82.0. The Kier molecular flexibility index (Phi) is 7.94. The van der Waals surface area contributed by atoms with E-state index >= 15 is 0 Å². The lowest BCUT2D eigenvalue weighted by atomic mass is 10.0. The second kappa shape index (κ2) is 11.2. The van der Waals surface area contributed by atoms with Gasteiger partial charge in [-0.15, -0.1) is 5.10 Å². The summed E-state index contributed by atoms with van der Waals surface area (Å²) in [7, 11) is 0. The topological polar surface area (TPSA) is 74.5 Å². The quantitative estimate of drug-likeness (QED) is 0.366. The Balaban J connectivity index is 1.54. The van der Waals surface area contributed by atoms with Crippen molar-refractivity contribution < 1.29 is 36.2 Å². The second-order valence-electron chi connectivity index (χ2n) is 10.2. The average molecular weight is 602 g/mol. The summed E-state index contributed by atoms with van der Waals surface area (Å²) in [6, 6.07) is 8.14. The van der Waals surface area contributed by atoms with Crippen LogP contribution in [0.5, 0.6) is 0 Å². The molecule has 220 valence electrons. The van der Waals surface area contributed by atoms with E-state index in [0.717, 1.165) is 10.2 Å². The summed E-state index contributed by atoms with van der Waals surface area (Å²) in [5, 5.41) is 18.6. The molecule has 0 spiro atoms. The van der Waals surface area contributed by atoms with E-state index in [-0.39, 0.29) is 29.2 Å². The molecule has 0 radical (unpaired) electrons. The molecule has 3 heterocycles. The van der Waals surface area contributed by atoms with Gasteiger partial charge in [-0.1, -0.05) is 35.0 Å². The van der Waals surface area contributed by atoms with E-state index in [1.807, 2.05) is 12.1 Å². The smallest absolute Gasteiger partial charge is 0.393 e. The zero-order valence-electron chi connectivity index (χ0n) is 21.6. The van der Waals surface area contributed by atoms with Gasteiger partial charge < -0.3 is 14.9 Å². The number of aliphatic hydroxyl groups excluding tert-OH is 1.